The van der Waals surface area contributed by atoms with Crippen LogP contribution < -0.4 is 12.4 Å². The van der Waals surface area contributed by atoms with Crippen LogP contribution in [0.3, 0.4) is 0 Å². The van der Waals surface area contributed by atoms with Crippen LogP contribution in [0.1, 0.15) is 17.5 Å². The van der Waals surface area contributed by atoms with E-state index in [0.29, 0.717) is 11.0 Å². The number of carbonyl (C=O) groups is 2. The van der Waals surface area contributed by atoms with E-state index in [1.54, 1.807) is 6.08 Å². The summed E-state index contributed by atoms with van der Waals surface area (Å²) in [6.45, 7) is 0.712. The summed E-state index contributed by atoms with van der Waals surface area (Å²) in [5, 5.41) is 0. The number of quaternary nitrogens is 1. The number of ether oxygens (including phenoxy) is 2. The second-order valence-corrected chi connectivity index (χ2v) is 7.63. The van der Waals surface area contributed by atoms with Gasteiger partial charge in [-0.15, -0.1) is 12.4 Å². The maximum atomic E-state index is 12.2. The third-order valence-electron chi connectivity index (χ3n) is 3.88. The highest BCUT2D eigenvalue weighted by atomic mass is 35.5. The molecule has 0 unspecified atom stereocenters. The molecule has 0 fully saturated rings. The summed E-state index contributed by atoms with van der Waals surface area (Å²) in [7, 11) is 5.95. The molecular formula is C23H29Cl2NO4. The van der Waals surface area contributed by atoms with Crippen molar-refractivity contribution in [2.75, 3.05) is 27.7 Å². The average Bonchev–Trinajstić information content (AvgIpc) is 2.65. The zero-order valence-electron chi connectivity index (χ0n) is 17.5. The first kappa shape index (κ1) is 27.7. The summed E-state index contributed by atoms with van der Waals surface area (Å²) in [5.41, 5.74) is 1.83. The maximum Gasteiger partial charge on any atom is 0.331 e. The minimum absolute atomic E-state index is 0. The Kier molecular flexibility index (Phi) is 12.7. The quantitative estimate of drug-likeness (QED) is 0.321. The minimum atomic E-state index is -0.559. The van der Waals surface area contributed by atoms with Gasteiger partial charge in [0, 0.05) is 6.08 Å². The van der Waals surface area contributed by atoms with Gasteiger partial charge in [-0.2, -0.15) is 0 Å². The Balaban J connectivity index is 0.00000420. The highest BCUT2D eigenvalue weighted by Gasteiger charge is 2.25. The number of hydrogen-bond donors (Lipinski definition) is 0. The van der Waals surface area contributed by atoms with Gasteiger partial charge in [0.05, 0.1) is 27.6 Å². The normalized spacial score (nSPS) is 11.7. The fraction of sp³-hybridized carbons (Fsp3) is 0.304. The van der Waals surface area contributed by atoms with Gasteiger partial charge in [0.1, 0.15) is 13.2 Å². The Morgan fingerprint density at radius 2 is 1.53 bits per heavy atom. The smallest absolute Gasteiger partial charge is 0.331 e. The van der Waals surface area contributed by atoms with E-state index < -0.39 is 12.1 Å². The van der Waals surface area contributed by atoms with Crippen molar-refractivity contribution in [1.29, 1.82) is 0 Å². The van der Waals surface area contributed by atoms with Crippen LogP contribution in [0.4, 0.5) is 0 Å². The van der Waals surface area contributed by atoms with E-state index in [4.69, 9.17) is 9.47 Å². The van der Waals surface area contributed by atoms with Crippen molar-refractivity contribution >= 4 is 30.4 Å². The summed E-state index contributed by atoms with van der Waals surface area (Å²) in [4.78, 5) is 24.4. The van der Waals surface area contributed by atoms with Gasteiger partial charge in [0.25, 0.3) is 0 Å². The maximum absolute atomic E-state index is 12.2. The Hall–Kier alpha value is -2.34. The van der Waals surface area contributed by atoms with Crippen LogP contribution in [0.15, 0.2) is 66.7 Å². The topological polar surface area (TPSA) is 52.6 Å². The molecule has 2 rings (SSSR count). The molecular weight excluding hydrogens is 425 g/mol. The summed E-state index contributed by atoms with van der Waals surface area (Å²) in [6.07, 6.45) is 2.54. The molecule has 0 aliphatic carbocycles. The van der Waals surface area contributed by atoms with Crippen LogP contribution >= 0.6 is 12.4 Å². The molecule has 30 heavy (non-hydrogen) atoms. The average molecular weight is 454 g/mol. The summed E-state index contributed by atoms with van der Waals surface area (Å²) in [6, 6.07) is 19.0. The van der Waals surface area contributed by atoms with Crippen LogP contribution in [0.5, 0.6) is 0 Å². The van der Waals surface area contributed by atoms with E-state index in [9.17, 15) is 9.59 Å². The first-order valence-electron chi connectivity index (χ1n) is 9.25. The van der Waals surface area contributed by atoms with Crippen LogP contribution in [0.25, 0.3) is 6.08 Å². The number of benzene rings is 2. The molecule has 2 aromatic carbocycles. The van der Waals surface area contributed by atoms with Gasteiger partial charge in [0.15, 0.2) is 6.10 Å². The van der Waals surface area contributed by atoms with Gasteiger partial charge in [-0.05, 0) is 17.2 Å². The molecule has 0 amide bonds. The molecule has 0 spiro atoms. The predicted octanol–water partition coefficient (Wildman–Crippen LogP) is 0.877. The van der Waals surface area contributed by atoms with E-state index in [2.05, 4.69) is 0 Å². The standard InChI is InChI=1S/C23H28NO4.2ClH/c1-24(2,3)17-21(16-23(26)27-18-20-12-8-5-9-13-20)28-22(25)15-14-19-10-6-4-7-11-19;;/h4-15,21H,16-18H2,1-3H3;2*1H/q+1;;/p-1/b15-14+;;/t21-;;/m1../s1. The Morgan fingerprint density at radius 3 is 2.10 bits per heavy atom. The number of carbonyl (C=O) groups excluding carboxylic acids is 2. The molecule has 1 atom stereocenters. The molecule has 0 N–H and O–H groups in total. The lowest BCUT2D eigenvalue weighted by atomic mass is 10.2. The molecule has 164 valence electrons. The SMILES string of the molecule is C[N+](C)(C)C[C@@H](CC(=O)OCc1ccccc1)OC(=O)/C=C/c1ccccc1.Cl.[Cl-]. The zero-order valence-corrected chi connectivity index (χ0v) is 19.1. The fourth-order valence-corrected chi connectivity index (χ4v) is 2.67. The molecule has 0 bridgehead atoms. The van der Waals surface area contributed by atoms with E-state index in [0.717, 1.165) is 11.1 Å². The van der Waals surface area contributed by atoms with Crippen molar-refractivity contribution < 1.29 is 36.0 Å². The Morgan fingerprint density at radius 1 is 0.967 bits per heavy atom. The van der Waals surface area contributed by atoms with Crippen LogP contribution in [-0.4, -0.2) is 50.2 Å². The third-order valence-corrected chi connectivity index (χ3v) is 3.88. The van der Waals surface area contributed by atoms with Gasteiger partial charge >= 0.3 is 11.9 Å². The van der Waals surface area contributed by atoms with Crippen molar-refractivity contribution in [3.8, 4) is 0 Å². The Bertz CT molecular complexity index is 790. The molecule has 7 heteroatoms. The zero-order chi connectivity index (χ0) is 20.4. The molecule has 0 aliphatic heterocycles. The first-order valence-corrected chi connectivity index (χ1v) is 9.25. The number of nitrogens with zero attached hydrogens (tertiary/aromatic N) is 1. The van der Waals surface area contributed by atoms with Crippen molar-refractivity contribution in [3.63, 3.8) is 0 Å². The number of hydrogen-bond acceptors (Lipinski definition) is 4. The number of halogens is 2. The molecule has 0 aliphatic rings. The lowest BCUT2D eigenvalue weighted by Gasteiger charge is -2.28. The lowest BCUT2D eigenvalue weighted by Crippen LogP contribution is -3.00. The monoisotopic (exact) mass is 453 g/mol. The van der Waals surface area contributed by atoms with E-state index in [1.807, 2.05) is 81.8 Å². The first-order chi connectivity index (χ1) is 13.3. The Labute approximate surface area is 191 Å². The molecule has 0 saturated carbocycles. The molecule has 0 aromatic heterocycles. The molecule has 5 nitrogen and oxygen atoms in total. The number of esters is 2. The largest absolute Gasteiger partial charge is 1.00 e. The highest BCUT2D eigenvalue weighted by molar-refractivity contribution is 5.87. The van der Waals surface area contributed by atoms with Crippen LogP contribution in [-0.2, 0) is 25.7 Å². The van der Waals surface area contributed by atoms with Crippen molar-refractivity contribution in [3.05, 3.63) is 77.9 Å². The van der Waals surface area contributed by atoms with Crippen molar-refractivity contribution in [1.82, 2.24) is 0 Å². The summed E-state index contributed by atoms with van der Waals surface area (Å²) in [5.74, 6) is -0.861. The highest BCUT2D eigenvalue weighted by Crippen LogP contribution is 2.10. The summed E-state index contributed by atoms with van der Waals surface area (Å²) < 4.78 is 11.4. The lowest BCUT2D eigenvalue weighted by molar-refractivity contribution is -0.873. The van der Waals surface area contributed by atoms with Crippen LogP contribution in [0.2, 0.25) is 0 Å². The second-order valence-electron chi connectivity index (χ2n) is 7.63. The van der Waals surface area contributed by atoms with Gasteiger partial charge in [-0.1, -0.05) is 60.7 Å². The number of likely N-dealkylation sites (N-methyl/N-ethyl adjacent to an activating group) is 1. The molecule has 0 saturated heterocycles. The molecule has 0 radical (unpaired) electrons. The van der Waals surface area contributed by atoms with Crippen molar-refractivity contribution in [2.45, 2.75) is 19.1 Å². The van der Waals surface area contributed by atoms with E-state index in [-0.39, 0.29) is 43.8 Å². The van der Waals surface area contributed by atoms with E-state index >= 15 is 0 Å². The fourth-order valence-electron chi connectivity index (χ4n) is 2.67. The van der Waals surface area contributed by atoms with Gasteiger partial charge in [-0.3, -0.25) is 4.79 Å². The van der Waals surface area contributed by atoms with Gasteiger partial charge in [0.2, 0.25) is 0 Å². The molecule has 2 aromatic rings. The van der Waals surface area contributed by atoms with Crippen molar-refractivity contribution in [2.24, 2.45) is 0 Å². The van der Waals surface area contributed by atoms with Gasteiger partial charge in [-0.25, -0.2) is 4.79 Å². The number of rotatable bonds is 9. The predicted molar refractivity (Wildman–Crippen MR) is 116 cm³/mol. The molecule has 0 heterocycles. The second kappa shape index (κ2) is 13.8. The summed E-state index contributed by atoms with van der Waals surface area (Å²) >= 11 is 0. The van der Waals surface area contributed by atoms with Gasteiger partial charge < -0.3 is 26.4 Å². The third kappa shape index (κ3) is 11.6. The van der Waals surface area contributed by atoms with Crippen LogP contribution in [0, 0.1) is 0 Å². The van der Waals surface area contributed by atoms with E-state index in [1.165, 1.54) is 6.08 Å². The minimum Gasteiger partial charge on any atom is -1.00 e.